The summed E-state index contributed by atoms with van der Waals surface area (Å²) in [6.45, 7) is 2.15. The lowest BCUT2D eigenvalue weighted by atomic mass is 9.90. The molecular weight excluding hydrogens is 296 g/mol. The van der Waals surface area contributed by atoms with Gasteiger partial charge >= 0.3 is 0 Å². The van der Waals surface area contributed by atoms with E-state index in [1.165, 1.54) is 5.56 Å². The van der Waals surface area contributed by atoms with Crippen LogP contribution in [0.25, 0.3) is 0 Å². The summed E-state index contributed by atoms with van der Waals surface area (Å²) in [6, 6.07) is 15.1. The summed E-state index contributed by atoms with van der Waals surface area (Å²) in [5.41, 5.74) is 2.74. The number of hydrogen-bond acceptors (Lipinski definition) is 2. The zero-order chi connectivity index (χ0) is 15.4. The number of amides is 1. The Hall–Kier alpha value is -1.84. The predicted octanol–water partition coefficient (Wildman–Crippen LogP) is 4.06. The molecule has 0 atom stereocenters. The molecule has 0 bridgehead atoms. The number of hydrogen-bond donors (Lipinski definition) is 2. The van der Waals surface area contributed by atoms with Gasteiger partial charge in [0, 0.05) is 16.3 Å². The van der Waals surface area contributed by atoms with E-state index in [0.29, 0.717) is 16.5 Å². The molecule has 2 aromatic rings. The van der Waals surface area contributed by atoms with Gasteiger partial charge in [-0.15, -0.1) is 0 Å². The van der Waals surface area contributed by atoms with Crippen LogP contribution in [-0.2, 0) is 0 Å². The smallest absolute Gasteiger partial charge is 0.255 e. The fraction of sp³-hybridized carbons (Fsp3) is 0.278. The van der Waals surface area contributed by atoms with Crippen LogP contribution in [0.1, 0.15) is 34.7 Å². The van der Waals surface area contributed by atoms with Gasteiger partial charge in [0.05, 0.1) is 0 Å². The van der Waals surface area contributed by atoms with Crippen molar-refractivity contribution in [1.29, 1.82) is 0 Å². The second-order valence-corrected chi connectivity index (χ2v) is 6.04. The second kappa shape index (κ2) is 6.95. The summed E-state index contributed by atoms with van der Waals surface area (Å²) < 4.78 is 0. The zero-order valence-corrected chi connectivity index (χ0v) is 13.1. The van der Waals surface area contributed by atoms with E-state index in [4.69, 9.17) is 11.6 Å². The SMILES string of the molecule is O=C(Nc1ccc(Cl)cc1)c1ccc(C2CCNCC2)cc1. The highest BCUT2D eigenvalue weighted by atomic mass is 35.5. The van der Waals surface area contributed by atoms with Crippen LogP contribution in [0.2, 0.25) is 5.02 Å². The minimum absolute atomic E-state index is 0.0980. The highest BCUT2D eigenvalue weighted by Crippen LogP contribution is 2.25. The highest BCUT2D eigenvalue weighted by Gasteiger charge is 2.15. The van der Waals surface area contributed by atoms with E-state index < -0.39 is 0 Å². The van der Waals surface area contributed by atoms with Crippen molar-refractivity contribution in [1.82, 2.24) is 5.32 Å². The van der Waals surface area contributed by atoms with Crippen LogP contribution in [-0.4, -0.2) is 19.0 Å². The summed E-state index contributed by atoms with van der Waals surface area (Å²) in [4.78, 5) is 12.2. The fourth-order valence-corrected chi connectivity index (χ4v) is 2.92. The van der Waals surface area contributed by atoms with Gasteiger partial charge < -0.3 is 10.6 Å². The molecule has 0 saturated carbocycles. The van der Waals surface area contributed by atoms with E-state index >= 15 is 0 Å². The van der Waals surface area contributed by atoms with Crippen molar-refractivity contribution in [2.75, 3.05) is 18.4 Å². The van der Waals surface area contributed by atoms with E-state index in [1.54, 1.807) is 24.3 Å². The Morgan fingerprint density at radius 2 is 1.64 bits per heavy atom. The van der Waals surface area contributed by atoms with Gasteiger partial charge in [-0.3, -0.25) is 4.79 Å². The Morgan fingerprint density at radius 3 is 2.27 bits per heavy atom. The average molecular weight is 315 g/mol. The predicted molar refractivity (Wildman–Crippen MR) is 90.7 cm³/mol. The molecule has 114 valence electrons. The number of anilines is 1. The third-order valence-electron chi connectivity index (χ3n) is 4.09. The van der Waals surface area contributed by atoms with Crippen LogP contribution in [0.3, 0.4) is 0 Å². The van der Waals surface area contributed by atoms with Crippen molar-refractivity contribution in [2.24, 2.45) is 0 Å². The molecule has 0 radical (unpaired) electrons. The summed E-state index contributed by atoms with van der Waals surface area (Å²) in [6.07, 6.45) is 2.33. The lowest BCUT2D eigenvalue weighted by Gasteiger charge is -2.23. The number of carbonyl (C=O) groups is 1. The van der Waals surface area contributed by atoms with E-state index in [-0.39, 0.29) is 5.91 Å². The maximum atomic E-state index is 12.2. The number of rotatable bonds is 3. The van der Waals surface area contributed by atoms with Crippen LogP contribution in [0.4, 0.5) is 5.69 Å². The van der Waals surface area contributed by atoms with Gasteiger partial charge in [0.2, 0.25) is 0 Å². The van der Waals surface area contributed by atoms with Gasteiger partial charge in [-0.2, -0.15) is 0 Å². The van der Waals surface area contributed by atoms with E-state index in [9.17, 15) is 4.79 Å². The number of piperidine rings is 1. The molecule has 0 aromatic heterocycles. The van der Waals surface area contributed by atoms with Gasteiger partial charge in [-0.05, 0) is 73.8 Å². The first-order valence-corrected chi connectivity index (χ1v) is 7.98. The summed E-state index contributed by atoms with van der Waals surface area (Å²) in [5, 5.41) is 6.91. The molecule has 3 rings (SSSR count). The zero-order valence-electron chi connectivity index (χ0n) is 12.3. The summed E-state index contributed by atoms with van der Waals surface area (Å²) in [7, 11) is 0. The van der Waals surface area contributed by atoms with E-state index in [1.807, 2.05) is 12.1 Å². The molecule has 1 saturated heterocycles. The molecule has 22 heavy (non-hydrogen) atoms. The molecule has 1 heterocycles. The number of nitrogens with one attached hydrogen (secondary N) is 2. The minimum Gasteiger partial charge on any atom is -0.322 e. The van der Waals surface area contributed by atoms with Gasteiger partial charge in [0.1, 0.15) is 0 Å². The van der Waals surface area contributed by atoms with Crippen molar-refractivity contribution in [3.8, 4) is 0 Å². The van der Waals surface area contributed by atoms with Gasteiger partial charge in [0.15, 0.2) is 0 Å². The molecule has 1 fully saturated rings. The van der Waals surface area contributed by atoms with Crippen molar-refractivity contribution >= 4 is 23.2 Å². The molecule has 2 aromatic carbocycles. The number of carbonyl (C=O) groups excluding carboxylic acids is 1. The van der Waals surface area contributed by atoms with Crippen molar-refractivity contribution in [2.45, 2.75) is 18.8 Å². The van der Waals surface area contributed by atoms with E-state index in [0.717, 1.165) is 31.6 Å². The third kappa shape index (κ3) is 3.67. The molecule has 4 heteroatoms. The number of benzene rings is 2. The Balaban J connectivity index is 1.66. The van der Waals surface area contributed by atoms with Gasteiger partial charge in [0.25, 0.3) is 5.91 Å². The maximum Gasteiger partial charge on any atom is 0.255 e. The first-order chi connectivity index (χ1) is 10.7. The van der Waals surface area contributed by atoms with E-state index in [2.05, 4.69) is 22.8 Å². The lowest BCUT2D eigenvalue weighted by molar-refractivity contribution is 0.102. The first kappa shape index (κ1) is 15.1. The van der Waals surface area contributed by atoms with Crippen LogP contribution < -0.4 is 10.6 Å². The van der Waals surface area contributed by atoms with Crippen molar-refractivity contribution in [3.05, 3.63) is 64.7 Å². The first-order valence-electron chi connectivity index (χ1n) is 7.60. The summed E-state index contributed by atoms with van der Waals surface area (Å²) >= 11 is 5.84. The fourth-order valence-electron chi connectivity index (χ4n) is 2.80. The Labute approximate surface area is 135 Å². The second-order valence-electron chi connectivity index (χ2n) is 5.61. The maximum absolute atomic E-state index is 12.2. The van der Waals surface area contributed by atoms with Crippen LogP contribution in [0.15, 0.2) is 48.5 Å². The normalized spacial score (nSPS) is 15.5. The monoisotopic (exact) mass is 314 g/mol. The standard InChI is InChI=1S/C18H19ClN2O/c19-16-5-7-17(8-6-16)21-18(22)15-3-1-13(2-4-15)14-9-11-20-12-10-14/h1-8,14,20H,9-12H2,(H,21,22). The van der Waals surface area contributed by atoms with Crippen LogP contribution >= 0.6 is 11.6 Å². The molecule has 1 aliphatic rings. The van der Waals surface area contributed by atoms with Crippen molar-refractivity contribution in [3.63, 3.8) is 0 Å². The Morgan fingerprint density at radius 1 is 1.00 bits per heavy atom. The minimum atomic E-state index is -0.0980. The Bertz CT molecular complexity index is 631. The largest absolute Gasteiger partial charge is 0.322 e. The number of halogens is 1. The quantitative estimate of drug-likeness (QED) is 0.897. The highest BCUT2D eigenvalue weighted by molar-refractivity contribution is 6.30. The third-order valence-corrected chi connectivity index (χ3v) is 4.34. The molecule has 2 N–H and O–H groups in total. The molecule has 0 spiro atoms. The van der Waals surface area contributed by atoms with Gasteiger partial charge in [-0.25, -0.2) is 0 Å². The Kier molecular flexibility index (Phi) is 4.76. The molecule has 3 nitrogen and oxygen atoms in total. The van der Waals surface area contributed by atoms with Crippen molar-refractivity contribution < 1.29 is 4.79 Å². The molecule has 1 aliphatic heterocycles. The topological polar surface area (TPSA) is 41.1 Å². The van der Waals surface area contributed by atoms with Gasteiger partial charge in [-0.1, -0.05) is 23.7 Å². The molecule has 1 amide bonds. The lowest BCUT2D eigenvalue weighted by Crippen LogP contribution is -2.26. The molecule has 0 aliphatic carbocycles. The average Bonchev–Trinajstić information content (AvgIpc) is 2.58. The molecular formula is C18H19ClN2O. The van der Waals surface area contributed by atoms with Crippen LogP contribution in [0, 0.1) is 0 Å². The summed E-state index contributed by atoms with van der Waals surface area (Å²) in [5.74, 6) is 0.508. The van der Waals surface area contributed by atoms with Crippen LogP contribution in [0.5, 0.6) is 0 Å². The molecule has 0 unspecified atom stereocenters.